The van der Waals surface area contributed by atoms with Gasteiger partial charge in [-0.1, -0.05) is 20.8 Å². The lowest BCUT2D eigenvalue weighted by molar-refractivity contribution is -0.389. The van der Waals surface area contributed by atoms with Gasteiger partial charge in [0, 0.05) is 25.7 Å². The van der Waals surface area contributed by atoms with Crippen molar-refractivity contribution in [2.45, 2.75) is 33.2 Å². The molecule has 0 aromatic carbocycles. The molecule has 1 fully saturated rings. The van der Waals surface area contributed by atoms with Crippen LogP contribution in [0.3, 0.4) is 0 Å². The van der Waals surface area contributed by atoms with Gasteiger partial charge >= 0.3 is 11.9 Å². The molecule has 23 heavy (non-hydrogen) atoms. The van der Waals surface area contributed by atoms with Crippen molar-refractivity contribution in [2.75, 3.05) is 24.5 Å². The number of aromatic nitrogens is 1. The number of hydrogen-bond acceptors (Lipinski definition) is 5. The average molecular weight is 322 g/mol. The van der Waals surface area contributed by atoms with E-state index in [1.807, 2.05) is 32.6 Å². The number of pyridine rings is 1. The van der Waals surface area contributed by atoms with Gasteiger partial charge in [0.25, 0.3) is 0 Å². The van der Waals surface area contributed by atoms with Crippen LogP contribution in [0.1, 0.15) is 27.7 Å². The highest BCUT2D eigenvalue weighted by Gasteiger charge is 2.48. The molecule has 8 nitrogen and oxygen atoms in total. The van der Waals surface area contributed by atoms with Gasteiger partial charge in [-0.3, -0.25) is 4.90 Å². The highest BCUT2D eigenvalue weighted by atomic mass is 16.6. The lowest BCUT2D eigenvalue weighted by atomic mass is 9.72. The van der Waals surface area contributed by atoms with Crippen molar-refractivity contribution in [2.24, 2.45) is 5.41 Å². The van der Waals surface area contributed by atoms with Crippen LogP contribution < -0.4 is 4.90 Å². The summed E-state index contributed by atoms with van der Waals surface area (Å²) in [5.41, 5.74) is -0.0898. The van der Waals surface area contributed by atoms with Crippen molar-refractivity contribution in [1.29, 1.82) is 0 Å². The lowest BCUT2D eigenvalue weighted by Gasteiger charge is -2.54. The van der Waals surface area contributed by atoms with E-state index in [0.717, 1.165) is 5.69 Å². The summed E-state index contributed by atoms with van der Waals surface area (Å²) in [6, 6.07) is 3.03. The highest BCUT2D eigenvalue weighted by Crippen LogP contribution is 2.39. The molecule has 8 heteroatoms. The molecule has 0 aliphatic carbocycles. The van der Waals surface area contributed by atoms with E-state index in [1.54, 1.807) is 6.07 Å². The minimum Gasteiger partial charge on any atom is -0.465 e. The van der Waals surface area contributed by atoms with Crippen LogP contribution in [0.5, 0.6) is 0 Å². The van der Waals surface area contributed by atoms with Gasteiger partial charge in [0.05, 0.1) is 11.2 Å². The summed E-state index contributed by atoms with van der Waals surface area (Å²) in [7, 11) is 0. The van der Waals surface area contributed by atoms with E-state index >= 15 is 0 Å². The standard InChI is InChI=1S/C15H22N4O4/c1-14(2,3)15(4)10-17(7-8-18(15)13(20)21)11-5-6-12(16-9-11)19(22)23/h5-6,9H,7-8,10H2,1-4H3,(H,20,21)/t15-/m1/s1. The SMILES string of the molecule is CC(C)(C)[C@@]1(C)CN(c2ccc([N+](=O)[O-])nc2)CCN1C(=O)O. The van der Waals surface area contributed by atoms with Gasteiger partial charge in [-0.2, -0.15) is 0 Å². The second-order valence-electron chi connectivity index (χ2n) is 7.01. The van der Waals surface area contributed by atoms with Gasteiger partial charge in [-0.15, -0.1) is 0 Å². The van der Waals surface area contributed by atoms with Crippen molar-refractivity contribution in [1.82, 2.24) is 9.88 Å². The fourth-order valence-corrected chi connectivity index (χ4v) is 2.85. The van der Waals surface area contributed by atoms with Gasteiger partial charge in [0.2, 0.25) is 0 Å². The number of carbonyl (C=O) groups is 1. The summed E-state index contributed by atoms with van der Waals surface area (Å²) >= 11 is 0. The molecule has 0 saturated carbocycles. The maximum atomic E-state index is 11.6. The highest BCUT2D eigenvalue weighted by molar-refractivity contribution is 5.67. The lowest BCUT2D eigenvalue weighted by Crippen LogP contribution is -2.67. The number of carboxylic acid groups (broad SMARTS) is 1. The second-order valence-corrected chi connectivity index (χ2v) is 7.01. The van der Waals surface area contributed by atoms with Crippen molar-refractivity contribution >= 4 is 17.6 Å². The first-order valence-corrected chi connectivity index (χ1v) is 7.42. The van der Waals surface area contributed by atoms with E-state index in [9.17, 15) is 20.0 Å². The van der Waals surface area contributed by atoms with Crippen LogP contribution in [-0.4, -0.2) is 51.2 Å². The smallest absolute Gasteiger partial charge is 0.407 e. The Hall–Kier alpha value is -2.38. The van der Waals surface area contributed by atoms with Crippen molar-refractivity contribution in [3.8, 4) is 0 Å². The van der Waals surface area contributed by atoms with Crippen LogP contribution in [0.25, 0.3) is 0 Å². The van der Waals surface area contributed by atoms with Crippen LogP contribution in [0.15, 0.2) is 18.3 Å². The van der Waals surface area contributed by atoms with Gasteiger partial charge in [-0.25, -0.2) is 4.79 Å². The Morgan fingerprint density at radius 1 is 1.39 bits per heavy atom. The van der Waals surface area contributed by atoms with E-state index in [4.69, 9.17) is 0 Å². The van der Waals surface area contributed by atoms with E-state index < -0.39 is 16.6 Å². The molecule has 1 aliphatic rings. The summed E-state index contributed by atoms with van der Waals surface area (Å²) in [4.78, 5) is 29.1. The summed E-state index contributed by atoms with van der Waals surface area (Å²) in [5.74, 6) is -0.198. The third-order valence-electron chi connectivity index (χ3n) is 4.82. The third-order valence-corrected chi connectivity index (χ3v) is 4.82. The number of amides is 1. The molecule has 1 aromatic rings. The van der Waals surface area contributed by atoms with Crippen molar-refractivity contribution < 1.29 is 14.8 Å². The maximum Gasteiger partial charge on any atom is 0.407 e. The molecule has 1 aromatic heterocycles. The Morgan fingerprint density at radius 3 is 2.48 bits per heavy atom. The fraction of sp³-hybridized carbons (Fsp3) is 0.600. The molecule has 0 spiro atoms. The first kappa shape index (κ1) is 17.0. The van der Waals surface area contributed by atoms with E-state index in [0.29, 0.717) is 19.6 Å². The number of anilines is 1. The molecular weight excluding hydrogens is 300 g/mol. The summed E-state index contributed by atoms with van der Waals surface area (Å²) in [6.07, 6.45) is 0.543. The molecule has 1 aliphatic heterocycles. The molecule has 2 heterocycles. The van der Waals surface area contributed by atoms with Crippen LogP contribution in [0.2, 0.25) is 0 Å². The van der Waals surface area contributed by atoms with Gasteiger partial charge in [0.15, 0.2) is 6.20 Å². The second kappa shape index (κ2) is 5.68. The van der Waals surface area contributed by atoms with E-state index in [1.165, 1.54) is 17.2 Å². The molecule has 0 unspecified atom stereocenters. The Morgan fingerprint density at radius 2 is 2.04 bits per heavy atom. The Bertz CT molecular complexity index is 611. The first-order valence-electron chi connectivity index (χ1n) is 7.42. The molecule has 1 atom stereocenters. The Labute approximate surface area is 134 Å². The predicted octanol–water partition coefficient (Wildman–Crippen LogP) is 2.59. The normalized spacial score (nSPS) is 22.1. The quantitative estimate of drug-likeness (QED) is 0.663. The maximum absolute atomic E-state index is 11.6. The van der Waals surface area contributed by atoms with Gasteiger partial charge in [-0.05, 0) is 28.3 Å². The number of rotatable bonds is 2. The van der Waals surface area contributed by atoms with Gasteiger partial charge < -0.3 is 20.1 Å². The van der Waals surface area contributed by atoms with E-state index in [2.05, 4.69) is 4.98 Å². The predicted molar refractivity (Wildman–Crippen MR) is 85.7 cm³/mol. The minimum atomic E-state index is -0.927. The zero-order valence-electron chi connectivity index (χ0n) is 13.8. The molecule has 1 amide bonds. The fourth-order valence-electron chi connectivity index (χ4n) is 2.85. The Balaban J connectivity index is 2.30. The largest absolute Gasteiger partial charge is 0.465 e. The molecule has 1 N–H and O–H groups in total. The van der Waals surface area contributed by atoms with Crippen LogP contribution in [0, 0.1) is 15.5 Å². The number of nitrogens with zero attached hydrogens (tertiary/aromatic N) is 4. The summed E-state index contributed by atoms with van der Waals surface area (Å²) in [5, 5.41) is 20.2. The molecule has 0 radical (unpaired) electrons. The zero-order valence-corrected chi connectivity index (χ0v) is 13.8. The van der Waals surface area contributed by atoms with Gasteiger partial charge in [0.1, 0.15) is 0 Å². The zero-order chi connectivity index (χ0) is 17.4. The summed E-state index contributed by atoms with van der Waals surface area (Å²) in [6.45, 7) is 9.38. The average Bonchev–Trinajstić information content (AvgIpc) is 2.45. The van der Waals surface area contributed by atoms with Crippen LogP contribution >= 0.6 is 0 Å². The molecule has 126 valence electrons. The van der Waals surface area contributed by atoms with Crippen LogP contribution in [0.4, 0.5) is 16.3 Å². The molecular formula is C15H22N4O4. The third kappa shape index (κ3) is 3.06. The molecule has 1 saturated heterocycles. The molecule has 0 bridgehead atoms. The first-order chi connectivity index (χ1) is 10.6. The van der Waals surface area contributed by atoms with Crippen LogP contribution in [-0.2, 0) is 0 Å². The summed E-state index contributed by atoms with van der Waals surface area (Å²) < 4.78 is 0. The number of piperazine rings is 1. The van der Waals surface area contributed by atoms with Crippen molar-refractivity contribution in [3.63, 3.8) is 0 Å². The monoisotopic (exact) mass is 322 g/mol. The number of hydrogen-bond donors (Lipinski definition) is 1. The number of nitro groups is 1. The minimum absolute atomic E-state index is 0.198. The van der Waals surface area contributed by atoms with E-state index in [-0.39, 0.29) is 11.2 Å². The van der Waals surface area contributed by atoms with Crippen molar-refractivity contribution in [3.05, 3.63) is 28.4 Å². The topological polar surface area (TPSA) is 99.8 Å². The molecule has 2 rings (SSSR count). The Kier molecular flexibility index (Phi) is 4.19.